The third kappa shape index (κ3) is 2.44. The summed E-state index contributed by atoms with van der Waals surface area (Å²) >= 11 is 5.40. The Bertz CT molecular complexity index is 316. The first kappa shape index (κ1) is 8.89. The van der Waals surface area contributed by atoms with Gasteiger partial charge in [-0.1, -0.05) is 5.92 Å². The van der Waals surface area contributed by atoms with E-state index >= 15 is 0 Å². The van der Waals surface area contributed by atoms with Crippen LogP contribution in [0.15, 0.2) is 12.1 Å². The van der Waals surface area contributed by atoms with E-state index < -0.39 is 0 Å². The highest BCUT2D eigenvalue weighted by Crippen LogP contribution is 2.04. The summed E-state index contributed by atoms with van der Waals surface area (Å²) in [7, 11) is 0. The number of alkyl halides is 1. The molecule has 0 bridgehead atoms. The highest BCUT2D eigenvalue weighted by atomic mass is 35.5. The number of rotatable bonds is 0. The lowest BCUT2D eigenvalue weighted by atomic mass is 10.2. The molecule has 0 aliphatic carbocycles. The fourth-order valence-electron chi connectivity index (χ4n) is 0.882. The van der Waals surface area contributed by atoms with Crippen LogP contribution in [0.4, 0.5) is 5.82 Å². The smallest absolute Gasteiger partial charge is 0.125 e. The van der Waals surface area contributed by atoms with Crippen LogP contribution >= 0.6 is 11.6 Å². The normalized spacial score (nSPS) is 8.83. The second kappa shape index (κ2) is 3.99. The molecule has 0 spiro atoms. The van der Waals surface area contributed by atoms with Gasteiger partial charge >= 0.3 is 0 Å². The van der Waals surface area contributed by atoms with Crippen LogP contribution in [0.3, 0.4) is 0 Å². The number of nitrogen functional groups attached to an aromatic ring is 1. The Morgan fingerprint density at radius 3 is 2.92 bits per heavy atom. The Labute approximate surface area is 76.8 Å². The number of aromatic nitrogens is 1. The summed E-state index contributed by atoms with van der Waals surface area (Å²) in [5.41, 5.74) is 7.25. The first-order chi connectivity index (χ1) is 5.72. The van der Waals surface area contributed by atoms with Crippen LogP contribution in [0.5, 0.6) is 0 Å². The molecule has 0 radical (unpaired) electrons. The van der Waals surface area contributed by atoms with Gasteiger partial charge in [0.05, 0.1) is 5.88 Å². The minimum atomic E-state index is 0.315. The second-order valence-corrected chi connectivity index (χ2v) is 2.66. The van der Waals surface area contributed by atoms with Crippen molar-refractivity contribution < 1.29 is 0 Å². The van der Waals surface area contributed by atoms with E-state index in [1.54, 1.807) is 6.07 Å². The Morgan fingerprint density at radius 2 is 2.33 bits per heavy atom. The number of halogens is 1. The summed E-state index contributed by atoms with van der Waals surface area (Å²) in [6.07, 6.45) is 0. The monoisotopic (exact) mass is 180 g/mol. The highest BCUT2D eigenvalue weighted by Gasteiger charge is 1.92. The van der Waals surface area contributed by atoms with Crippen molar-refractivity contribution in [1.29, 1.82) is 0 Å². The molecule has 2 N–H and O–H groups in total. The van der Waals surface area contributed by atoms with Crippen LogP contribution in [-0.4, -0.2) is 10.9 Å². The average Bonchev–Trinajstić information content (AvgIpc) is 1.99. The molecular formula is C9H9ClN2. The lowest BCUT2D eigenvalue weighted by Crippen LogP contribution is -1.93. The first-order valence-electron chi connectivity index (χ1n) is 3.51. The Balaban J connectivity index is 3.01. The quantitative estimate of drug-likeness (QED) is 0.486. The van der Waals surface area contributed by atoms with Gasteiger partial charge in [0, 0.05) is 0 Å². The fourth-order valence-corrected chi connectivity index (χ4v) is 0.949. The van der Waals surface area contributed by atoms with E-state index in [4.69, 9.17) is 17.3 Å². The molecule has 0 amide bonds. The second-order valence-electron chi connectivity index (χ2n) is 2.39. The van der Waals surface area contributed by atoms with Gasteiger partial charge < -0.3 is 5.73 Å². The molecule has 0 saturated heterocycles. The average molecular weight is 181 g/mol. The maximum Gasteiger partial charge on any atom is 0.125 e. The molecule has 0 atom stereocenters. The summed E-state index contributed by atoms with van der Waals surface area (Å²) in [5, 5.41) is 0. The summed E-state index contributed by atoms with van der Waals surface area (Å²) in [5.74, 6) is 6.33. The molecule has 0 fully saturated rings. The topological polar surface area (TPSA) is 38.9 Å². The van der Waals surface area contributed by atoms with Crippen molar-refractivity contribution in [2.24, 2.45) is 0 Å². The zero-order valence-corrected chi connectivity index (χ0v) is 7.52. The molecule has 12 heavy (non-hydrogen) atoms. The van der Waals surface area contributed by atoms with Gasteiger partial charge in [0.2, 0.25) is 0 Å². The summed E-state index contributed by atoms with van der Waals surface area (Å²) in [6, 6.07) is 3.67. The molecule has 0 aliphatic heterocycles. The van der Waals surface area contributed by atoms with Crippen molar-refractivity contribution in [2.45, 2.75) is 6.92 Å². The van der Waals surface area contributed by atoms with Crippen LogP contribution in [0.2, 0.25) is 0 Å². The van der Waals surface area contributed by atoms with Gasteiger partial charge in [0.1, 0.15) is 11.5 Å². The predicted molar refractivity (Wildman–Crippen MR) is 51.0 cm³/mol. The molecule has 0 saturated carbocycles. The summed E-state index contributed by atoms with van der Waals surface area (Å²) in [4.78, 5) is 4.02. The number of aryl methyl sites for hydroxylation is 1. The maximum absolute atomic E-state index is 5.52. The van der Waals surface area contributed by atoms with E-state index in [0.29, 0.717) is 17.4 Å². The first-order valence-corrected chi connectivity index (χ1v) is 4.05. The molecule has 3 heteroatoms. The SMILES string of the molecule is Cc1cc(N)nc(C#CCCl)c1. The molecule has 1 aromatic heterocycles. The number of pyridine rings is 1. The van der Waals surface area contributed by atoms with Gasteiger partial charge in [-0.3, -0.25) is 0 Å². The van der Waals surface area contributed by atoms with Crippen LogP contribution in [0.1, 0.15) is 11.3 Å². The van der Waals surface area contributed by atoms with E-state index in [1.807, 2.05) is 13.0 Å². The molecule has 1 heterocycles. The van der Waals surface area contributed by atoms with Gasteiger partial charge in [-0.25, -0.2) is 4.98 Å². The van der Waals surface area contributed by atoms with Crippen LogP contribution < -0.4 is 5.73 Å². The standard InChI is InChI=1S/C9H9ClN2/c1-7-5-8(3-2-4-10)12-9(11)6-7/h5-6H,4H2,1H3,(H2,11,12). The van der Waals surface area contributed by atoms with Gasteiger partial charge in [-0.2, -0.15) is 0 Å². The highest BCUT2D eigenvalue weighted by molar-refractivity contribution is 6.19. The number of nitrogens with two attached hydrogens (primary N) is 1. The molecule has 2 nitrogen and oxygen atoms in total. The zero-order valence-electron chi connectivity index (χ0n) is 6.76. The minimum Gasteiger partial charge on any atom is -0.384 e. The van der Waals surface area contributed by atoms with Crippen LogP contribution in [-0.2, 0) is 0 Å². The summed E-state index contributed by atoms with van der Waals surface area (Å²) < 4.78 is 0. The third-order valence-corrected chi connectivity index (χ3v) is 1.41. The number of anilines is 1. The van der Waals surface area contributed by atoms with Crippen molar-refractivity contribution in [3.63, 3.8) is 0 Å². The van der Waals surface area contributed by atoms with E-state index in [2.05, 4.69) is 16.8 Å². The number of nitrogens with zero attached hydrogens (tertiary/aromatic N) is 1. The Kier molecular flexibility index (Phi) is 2.95. The number of hydrogen-bond donors (Lipinski definition) is 1. The molecule has 1 aromatic rings. The van der Waals surface area contributed by atoms with Crippen molar-refractivity contribution in [1.82, 2.24) is 4.98 Å². The lowest BCUT2D eigenvalue weighted by Gasteiger charge is -1.95. The van der Waals surface area contributed by atoms with Crippen LogP contribution in [0, 0.1) is 18.8 Å². The molecule has 1 rings (SSSR count). The molecule has 0 aliphatic rings. The fraction of sp³-hybridized carbons (Fsp3) is 0.222. The molecule has 0 unspecified atom stereocenters. The van der Waals surface area contributed by atoms with Crippen molar-refractivity contribution >= 4 is 17.4 Å². The Morgan fingerprint density at radius 1 is 1.58 bits per heavy atom. The van der Waals surface area contributed by atoms with E-state index in [-0.39, 0.29) is 0 Å². The van der Waals surface area contributed by atoms with Gasteiger partial charge in [-0.15, -0.1) is 11.6 Å². The van der Waals surface area contributed by atoms with E-state index in [0.717, 1.165) is 5.56 Å². The summed E-state index contributed by atoms with van der Waals surface area (Å²) in [6.45, 7) is 1.95. The lowest BCUT2D eigenvalue weighted by molar-refractivity contribution is 1.26. The molecule has 0 aromatic carbocycles. The molecule has 62 valence electrons. The maximum atomic E-state index is 5.52. The van der Waals surface area contributed by atoms with E-state index in [9.17, 15) is 0 Å². The Hall–Kier alpha value is -1.20. The van der Waals surface area contributed by atoms with E-state index in [1.165, 1.54) is 0 Å². The van der Waals surface area contributed by atoms with Gasteiger partial charge in [-0.05, 0) is 30.5 Å². The van der Waals surface area contributed by atoms with Crippen molar-refractivity contribution in [2.75, 3.05) is 11.6 Å². The predicted octanol–water partition coefficient (Wildman–Crippen LogP) is 1.56. The molecular weight excluding hydrogens is 172 g/mol. The van der Waals surface area contributed by atoms with Crippen LogP contribution in [0.25, 0.3) is 0 Å². The van der Waals surface area contributed by atoms with Crippen molar-refractivity contribution in [3.8, 4) is 11.8 Å². The van der Waals surface area contributed by atoms with Crippen molar-refractivity contribution in [3.05, 3.63) is 23.4 Å². The van der Waals surface area contributed by atoms with Gasteiger partial charge in [0.15, 0.2) is 0 Å². The zero-order chi connectivity index (χ0) is 8.97. The number of hydrogen-bond acceptors (Lipinski definition) is 2. The third-order valence-electron chi connectivity index (χ3n) is 1.27. The minimum absolute atomic E-state index is 0.315. The largest absolute Gasteiger partial charge is 0.384 e. The van der Waals surface area contributed by atoms with Gasteiger partial charge in [0.25, 0.3) is 0 Å².